The minimum atomic E-state index is -5.08. The standard InChI is InChI=1S/C17H27N3O.3C2HF3O2/c1-3-20-10-15(17(14-20)7-9-19(2)13-17)11-21-12-16-6-4-5-8-18-16;3*3-2(4,5)1(6)7/h4-6,8,15H,3,7,9-14H2,1-2H3;3*(H,6,7)/t15-,17+;;;/m1.../s1. The van der Waals surface area contributed by atoms with Crippen LogP contribution in [-0.4, -0.2) is 113 Å². The number of aromatic nitrogens is 1. The van der Waals surface area contributed by atoms with Crippen molar-refractivity contribution >= 4 is 17.9 Å². The summed E-state index contributed by atoms with van der Waals surface area (Å²) in [5, 5.41) is 21.4. The summed E-state index contributed by atoms with van der Waals surface area (Å²) < 4.78 is 101. The van der Waals surface area contributed by atoms with Gasteiger partial charge in [0.05, 0.1) is 18.9 Å². The van der Waals surface area contributed by atoms with E-state index in [1.807, 2.05) is 24.4 Å². The summed E-state index contributed by atoms with van der Waals surface area (Å²) >= 11 is 0. The second-order valence-electron chi connectivity index (χ2n) is 9.12. The van der Waals surface area contributed by atoms with Gasteiger partial charge in [-0.05, 0) is 38.7 Å². The molecule has 0 radical (unpaired) electrons. The molecule has 1 spiro atoms. The molecule has 19 heteroatoms. The zero-order valence-corrected chi connectivity index (χ0v) is 22.3. The predicted octanol–water partition coefficient (Wildman–Crippen LogP) is 3.77. The highest BCUT2D eigenvalue weighted by Gasteiger charge is 2.49. The third kappa shape index (κ3) is 14.6. The van der Waals surface area contributed by atoms with Crippen LogP contribution in [0.3, 0.4) is 0 Å². The molecule has 1 aromatic rings. The van der Waals surface area contributed by atoms with E-state index >= 15 is 0 Å². The van der Waals surface area contributed by atoms with Crippen LogP contribution in [0.2, 0.25) is 0 Å². The summed E-state index contributed by atoms with van der Waals surface area (Å²) in [5.41, 5.74) is 1.48. The summed E-state index contributed by atoms with van der Waals surface area (Å²) in [7, 11) is 2.25. The van der Waals surface area contributed by atoms with Gasteiger partial charge in [-0.1, -0.05) is 13.0 Å². The number of hydrogen-bond donors (Lipinski definition) is 3. The number of carboxylic acid groups (broad SMARTS) is 3. The molecule has 3 heterocycles. The number of halogens is 9. The van der Waals surface area contributed by atoms with E-state index in [4.69, 9.17) is 34.4 Å². The van der Waals surface area contributed by atoms with Crippen LogP contribution >= 0.6 is 0 Å². The Hall–Kier alpha value is -3.19. The third-order valence-corrected chi connectivity index (χ3v) is 5.93. The van der Waals surface area contributed by atoms with E-state index in [1.165, 1.54) is 32.6 Å². The smallest absolute Gasteiger partial charge is 0.475 e. The molecule has 0 unspecified atom stereocenters. The Bertz CT molecular complexity index is 935. The van der Waals surface area contributed by atoms with E-state index in [-0.39, 0.29) is 0 Å². The lowest BCUT2D eigenvalue weighted by molar-refractivity contribution is -0.193. The number of nitrogens with zero attached hydrogens (tertiary/aromatic N) is 3. The van der Waals surface area contributed by atoms with Crippen LogP contribution in [0, 0.1) is 11.3 Å². The number of likely N-dealkylation sites (tertiary alicyclic amines) is 2. The van der Waals surface area contributed by atoms with Crippen LogP contribution < -0.4 is 0 Å². The molecule has 2 saturated heterocycles. The van der Waals surface area contributed by atoms with Crippen LogP contribution in [-0.2, 0) is 25.7 Å². The molecule has 2 aliphatic heterocycles. The molecule has 242 valence electrons. The maximum absolute atomic E-state index is 10.6. The highest BCUT2D eigenvalue weighted by Crippen LogP contribution is 2.43. The Kier molecular flexibility index (Phi) is 15.2. The molecule has 0 bridgehead atoms. The minimum absolute atomic E-state index is 0.453. The topological polar surface area (TPSA) is 140 Å². The minimum Gasteiger partial charge on any atom is -0.475 e. The average Bonchev–Trinajstić information content (AvgIpc) is 3.40. The molecule has 10 nitrogen and oxygen atoms in total. The molecule has 0 saturated carbocycles. The molecule has 0 amide bonds. The first kappa shape index (κ1) is 38.8. The van der Waals surface area contributed by atoms with Crippen molar-refractivity contribution in [3.8, 4) is 0 Å². The van der Waals surface area contributed by atoms with Gasteiger partial charge in [0.1, 0.15) is 0 Å². The maximum Gasteiger partial charge on any atom is 0.490 e. The van der Waals surface area contributed by atoms with E-state index < -0.39 is 36.4 Å². The summed E-state index contributed by atoms with van der Waals surface area (Å²) in [5.74, 6) is -7.61. The number of aliphatic carboxylic acids is 3. The fourth-order valence-corrected chi connectivity index (χ4v) is 3.98. The first-order valence-corrected chi connectivity index (χ1v) is 11.8. The molecule has 0 aromatic carbocycles. The zero-order chi connectivity index (χ0) is 32.9. The molecule has 42 heavy (non-hydrogen) atoms. The molecule has 3 N–H and O–H groups in total. The van der Waals surface area contributed by atoms with Gasteiger partial charge in [0, 0.05) is 37.2 Å². The van der Waals surface area contributed by atoms with Gasteiger partial charge in [0.15, 0.2) is 0 Å². The molecule has 2 atom stereocenters. The van der Waals surface area contributed by atoms with Gasteiger partial charge < -0.3 is 29.9 Å². The first-order valence-electron chi connectivity index (χ1n) is 11.8. The normalized spacial score (nSPS) is 20.9. The summed E-state index contributed by atoms with van der Waals surface area (Å²) in [6.07, 6.45) is -12.1. The molecule has 1 aromatic heterocycles. The molecular formula is C23H30F9N3O7. The molecule has 2 aliphatic rings. The van der Waals surface area contributed by atoms with Gasteiger partial charge in [-0.3, -0.25) is 4.98 Å². The Morgan fingerprint density at radius 3 is 1.74 bits per heavy atom. The van der Waals surface area contributed by atoms with Crippen LogP contribution in [0.15, 0.2) is 24.4 Å². The van der Waals surface area contributed by atoms with Gasteiger partial charge in [-0.2, -0.15) is 39.5 Å². The average molecular weight is 631 g/mol. The lowest BCUT2D eigenvalue weighted by Crippen LogP contribution is -2.35. The summed E-state index contributed by atoms with van der Waals surface area (Å²) in [6, 6.07) is 6.00. The number of rotatable bonds is 5. The zero-order valence-electron chi connectivity index (χ0n) is 22.3. The van der Waals surface area contributed by atoms with Gasteiger partial charge in [-0.15, -0.1) is 0 Å². The van der Waals surface area contributed by atoms with Crippen LogP contribution in [0.4, 0.5) is 39.5 Å². The van der Waals surface area contributed by atoms with E-state index in [0.717, 1.165) is 18.8 Å². The number of carboxylic acids is 3. The van der Waals surface area contributed by atoms with Gasteiger partial charge in [0.2, 0.25) is 0 Å². The third-order valence-electron chi connectivity index (χ3n) is 5.93. The van der Waals surface area contributed by atoms with E-state index in [2.05, 4.69) is 28.8 Å². The lowest BCUT2D eigenvalue weighted by atomic mass is 9.78. The number of ether oxygens (including phenoxy) is 1. The molecule has 0 aliphatic carbocycles. The fourth-order valence-electron chi connectivity index (χ4n) is 3.98. The van der Waals surface area contributed by atoms with Crippen LogP contribution in [0.5, 0.6) is 0 Å². The van der Waals surface area contributed by atoms with Crippen molar-refractivity contribution in [2.24, 2.45) is 11.3 Å². The Balaban J connectivity index is 0.000000660. The van der Waals surface area contributed by atoms with Gasteiger partial charge in [-0.25, -0.2) is 14.4 Å². The first-order chi connectivity index (χ1) is 19.0. The quantitative estimate of drug-likeness (QED) is 0.412. The number of hydrogen-bond acceptors (Lipinski definition) is 7. The second-order valence-corrected chi connectivity index (χ2v) is 9.12. The van der Waals surface area contributed by atoms with Crippen molar-refractivity contribution in [2.45, 2.75) is 38.5 Å². The van der Waals surface area contributed by atoms with Gasteiger partial charge in [0.25, 0.3) is 0 Å². The summed E-state index contributed by atoms with van der Waals surface area (Å²) in [4.78, 5) is 36.1. The lowest BCUT2D eigenvalue weighted by Gasteiger charge is -2.30. The van der Waals surface area contributed by atoms with Crippen LogP contribution in [0.25, 0.3) is 0 Å². The fraction of sp³-hybridized carbons (Fsp3) is 0.652. The molecule has 3 rings (SSSR count). The van der Waals surface area contributed by atoms with E-state index in [1.54, 1.807) is 0 Å². The second kappa shape index (κ2) is 16.4. The number of carbonyl (C=O) groups is 3. The largest absolute Gasteiger partial charge is 0.490 e. The summed E-state index contributed by atoms with van der Waals surface area (Å²) in [6.45, 7) is 9.80. The predicted molar refractivity (Wildman–Crippen MR) is 125 cm³/mol. The highest BCUT2D eigenvalue weighted by atomic mass is 19.4. The van der Waals surface area contributed by atoms with Crippen molar-refractivity contribution < 1.29 is 74.0 Å². The molecular weight excluding hydrogens is 601 g/mol. The highest BCUT2D eigenvalue weighted by molar-refractivity contribution is 5.73. The maximum atomic E-state index is 10.6. The Morgan fingerprint density at radius 2 is 1.40 bits per heavy atom. The Morgan fingerprint density at radius 1 is 0.929 bits per heavy atom. The Labute approximate surface area is 233 Å². The SMILES string of the molecule is CCN1C[C@H](COCc2ccccn2)[C@]2(CCN(C)C2)C1.O=C(O)C(F)(F)F.O=C(O)C(F)(F)F.O=C(O)C(F)(F)F. The number of pyridine rings is 1. The van der Waals surface area contributed by atoms with Gasteiger partial charge >= 0.3 is 36.4 Å². The molecule has 2 fully saturated rings. The van der Waals surface area contributed by atoms with E-state index in [0.29, 0.717) is 17.9 Å². The van der Waals surface area contributed by atoms with Crippen molar-refractivity contribution in [3.05, 3.63) is 30.1 Å². The van der Waals surface area contributed by atoms with Crippen molar-refractivity contribution in [1.82, 2.24) is 14.8 Å². The van der Waals surface area contributed by atoms with Crippen molar-refractivity contribution in [3.63, 3.8) is 0 Å². The number of alkyl halides is 9. The van der Waals surface area contributed by atoms with Crippen LogP contribution in [0.1, 0.15) is 19.0 Å². The van der Waals surface area contributed by atoms with Crippen molar-refractivity contribution in [1.29, 1.82) is 0 Å². The van der Waals surface area contributed by atoms with Crippen molar-refractivity contribution in [2.75, 3.05) is 46.4 Å². The monoisotopic (exact) mass is 631 g/mol. The van der Waals surface area contributed by atoms with E-state index in [9.17, 15) is 39.5 Å².